The molecule has 0 spiro atoms. The summed E-state index contributed by atoms with van der Waals surface area (Å²) in [6.07, 6.45) is 10.2. The lowest BCUT2D eigenvalue weighted by Gasteiger charge is -2.45. The van der Waals surface area contributed by atoms with E-state index < -0.39 is 11.8 Å². The van der Waals surface area contributed by atoms with Crippen molar-refractivity contribution in [2.75, 3.05) is 46.3 Å². The van der Waals surface area contributed by atoms with E-state index in [0.29, 0.717) is 29.8 Å². The molecular weight excluding hydrogens is 586 g/mol. The average molecular weight is 647 g/mol. The van der Waals surface area contributed by atoms with E-state index in [1.54, 1.807) is 36.5 Å². The van der Waals surface area contributed by atoms with Crippen LogP contribution in [0, 0.1) is 0 Å². The molecule has 0 aromatic heterocycles. The fraction of sp³-hybridized carbons (Fsp3) is 0.611. The molecule has 1 saturated heterocycles. The van der Waals surface area contributed by atoms with Crippen LogP contribution in [0.25, 0.3) is 0 Å². The van der Waals surface area contributed by atoms with Crippen LogP contribution in [0.15, 0.2) is 82.1 Å². The van der Waals surface area contributed by atoms with Gasteiger partial charge in [-0.1, -0.05) is 33.1 Å². The SMILES string of the molecule is C=C(/C=N\N(C)/C=C(\C)N(CC)CCC(CC)N1CCN(C(C)(O)CC)CC1)/C=C(C)/C(/C=C(/C)C(=C)OC(C)(F)F)=N/C=C\C. The van der Waals surface area contributed by atoms with Gasteiger partial charge in [0.25, 0.3) is 0 Å². The number of hydrazone groups is 1. The quantitative estimate of drug-likeness (QED) is 0.0677. The van der Waals surface area contributed by atoms with Gasteiger partial charge in [-0.05, 0) is 89.7 Å². The largest absolute Gasteiger partial charge is 0.433 e. The number of alkyl halides is 2. The molecule has 0 saturated carbocycles. The highest BCUT2D eigenvalue weighted by Crippen LogP contribution is 2.23. The third kappa shape index (κ3) is 14.6. The van der Waals surface area contributed by atoms with Crippen LogP contribution in [0.4, 0.5) is 8.78 Å². The van der Waals surface area contributed by atoms with E-state index in [4.69, 9.17) is 0 Å². The second-order valence-corrected chi connectivity index (χ2v) is 12.2. The van der Waals surface area contributed by atoms with Crippen molar-refractivity contribution in [2.24, 2.45) is 10.1 Å². The van der Waals surface area contributed by atoms with E-state index in [0.717, 1.165) is 69.8 Å². The monoisotopic (exact) mass is 646 g/mol. The summed E-state index contributed by atoms with van der Waals surface area (Å²) in [4.78, 5) is 11.6. The zero-order chi connectivity index (χ0) is 35.1. The number of aliphatic hydroxyl groups is 1. The van der Waals surface area contributed by atoms with E-state index in [1.165, 1.54) is 0 Å². The summed E-state index contributed by atoms with van der Waals surface area (Å²) in [7, 11) is 1.89. The molecule has 0 aromatic carbocycles. The Morgan fingerprint density at radius 3 is 2.20 bits per heavy atom. The van der Waals surface area contributed by atoms with Crippen LogP contribution in [0.3, 0.4) is 0 Å². The number of aliphatic imine (C=N–C) groups is 1. The van der Waals surface area contributed by atoms with Gasteiger partial charge < -0.3 is 14.7 Å². The van der Waals surface area contributed by atoms with Gasteiger partial charge in [-0.3, -0.25) is 19.8 Å². The predicted molar refractivity (Wildman–Crippen MR) is 190 cm³/mol. The third-order valence-electron chi connectivity index (χ3n) is 8.31. The molecule has 1 aliphatic rings. The van der Waals surface area contributed by atoms with Crippen molar-refractivity contribution < 1.29 is 18.6 Å². The second kappa shape index (κ2) is 19.6. The Morgan fingerprint density at radius 1 is 1.04 bits per heavy atom. The number of allylic oxidation sites excluding steroid dienone is 7. The molecule has 0 aliphatic carbocycles. The topological polar surface area (TPSA) is 67.1 Å². The first kappa shape index (κ1) is 40.9. The van der Waals surface area contributed by atoms with Gasteiger partial charge in [-0.15, -0.1) is 0 Å². The highest BCUT2D eigenvalue weighted by Gasteiger charge is 2.32. The number of hydrogen-bond acceptors (Lipinski definition) is 8. The van der Waals surface area contributed by atoms with Crippen molar-refractivity contribution in [1.82, 2.24) is 19.7 Å². The minimum absolute atomic E-state index is 0.121. The number of piperazine rings is 1. The average Bonchev–Trinajstić information content (AvgIpc) is 2.99. The summed E-state index contributed by atoms with van der Waals surface area (Å²) in [5.74, 6) is -0.121. The molecule has 0 radical (unpaired) electrons. The van der Waals surface area contributed by atoms with Gasteiger partial charge in [0.1, 0.15) is 11.5 Å². The van der Waals surface area contributed by atoms with Crippen LogP contribution >= 0.6 is 0 Å². The molecule has 0 aromatic rings. The molecule has 260 valence electrons. The Morgan fingerprint density at radius 2 is 1.67 bits per heavy atom. The Bertz CT molecular complexity index is 1170. The van der Waals surface area contributed by atoms with E-state index in [2.05, 4.69) is 63.5 Å². The van der Waals surface area contributed by atoms with E-state index in [9.17, 15) is 13.9 Å². The fourth-order valence-electron chi connectivity index (χ4n) is 5.26. The molecule has 2 atom stereocenters. The van der Waals surface area contributed by atoms with Crippen LogP contribution in [0.2, 0.25) is 0 Å². The van der Waals surface area contributed by atoms with Gasteiger partial charge in [-0.2, -0.15) is 13.9 Å². The molecule has 1 rings (SSSR count). The number of rotatable bonds is 19. The van der Waals surface area contributed by atoms with Crippen molar-refractivity contribution in [1.29, 1.82) is 0 Å². The van der Waals surface area contributed by atoms with Crippen molar-refractivity contribution in [2.45, 2.75) is 99.5 Å². The normalized spacial score (nSPS) is 18.6. The third-order valence-corrected chi connectivity index (χ3v) is 8.31. The van der Waals surface area contributed by atoms with Gasteiger partial charge in [0.2, 0.25) is 0 Å². The van der Waals surface area contributed by atoms with E-state index in [-0.39, 0.29) is 5.76 Å². The summed E-state index contributed by atoms with van der Waals surface area (Å²) in [6.45, 7) is 29.8. The zero-order valence-corrected chi connectivity index (χ0v) is 30.1. The number of ether oxygens (including phenoxy) is 1. The molecule has 46 heavy (non-hydrogen) atoms. The molecule has 0 amide bonds. The molecule has 1 N–H and O–H groups in total. The maximum Gasteiger partial charge on any atom is 0.394 e. The van der Waals surface area contributed by atoms with Gasteiger partial charge in [0.15, 0.2) is 0 Å². The van der Waals surface area contributed by atoms with Crippen LogP contribution in [-0.2, 0) is 4.74 Å². The van der Waals surface area contributed by atoms with Gasteiger partial charge in [-0.25, -0.2) is 0 Å². The Balaban J connectivity index is 2.87. The number of hydrogen-bond donors (Lipinski definition) is 1. The van der Waals surface area contributed by atoms with Gasteiger partial charge in [0, 0.05) is 77.4 Å². The Hall–Kier alpha value is -3.08. The second-order valence-electron chi connectivity index (χ2n) is 12.2. The summed E-state index contributed by atoms with van der Waals surface area (Å²) in [6, 6.07) is 0.503. The first-order valence-electron chi connectivity index (χ1n) is 16.4. The number of halogens is 2. The van der Waals surface area contributed by atoms with Crippen LogP contribution in [0.5, 0.6) is 0 Å². The predicted octanol–water partition coefficient (Wildman–Crippen LogP) is 7.56. The summed E-state index contributed by atoms with van der Waals surface area (Å²) >= 11 is 0. The van der Waals surface area contributed by atoms with Crippen molar-refractivity contribution in [3.05, 3.63) is 72.0 Å². The molecule has 10 heteroatoms. The van der Waals surface area contributed by atoms with Crippen LogP contribution < -0.4 is 0 Å². The minimum atomic E-state index is -3.32. The van der Waals surface area contributed by atoms with Gasteiger partial charge in [0.05, 0.1) is 11.9 Å². The van der Waals surface area contributed by atoms with Crippen molar-refractivity contribution in [3.63, 3.8) is 0 Å². The lowest BCUT2D eigenvalue weighted by atomic mass is 10.1. The summed E-state index contributed by atoms with van der Waals surface area (Å²) in [5, 5.41) is 17.0. The zero-order valence-electron chi connectivity index (χ0n) is 30.1. The molecule has 1 aliphatic heterocycles. The van der Waals surface area contributed by atoms with Crippen LogP contribution in [-0.4, -0.2) is 101 Å². The van der Waals surface area contributed by atoms with E-state index in [1.807, 2.05) is 47.0 Å². The van der Waals surface area contributed by atoms with Crippen LogP contribution in [0.1, 0.15) is 81.6 Å². The molecule has 8 nitrogen and oxygen atoms in total. The molecule has 1 fully saturated rings. The molecule has 1 heterocycles. The molecule has 2 unspecified atom stereocenters. The number of nitrogens with zero attached hydrogens (tertiary/aromatic N) is 6. The summed E-state index contributed by atoms with van der Waals surface area (Å²) < 4.78 is 31.2. The van der Waals surface area contributed by atoms with Crippen molar-refractivity contribution in [3.8, 4) is 0 Å². The maximum absolute atomic E-state index is 13.3. The fourth-order valence-corrected chi connectivity index (χ4v) is 5.26. The minimum Gasteiger partial charge on any atom is -0.433 e. The smallest absolute Gasteiger partial charge is 0.394 e. The standard InChI is InChI=1S/C36H60F2N6O2/c1-13-18-39-34(25-29(6)32(9)46-36(11,37)38)30(7)24-28(5)26-40-41(12)27-31(8)42(16-4)19-17-33(14-2)43-20-22-44(23-21-43)35(10,45)15-3/h13,18,24-27,33,45H,5,9,14-17,19-23H2,1-4,6-8,10-12H3/b18-13-,29-25-,30-24+,31-27+,39-34+,40-26-. The van der Waals surface area contributed by atoms with E-state index >= 15 is 0 Å². The first-order valence-corrected chi connectivity index (χ1v) is 16.4. The lowest BCUT2D eigenvalue weighted by Crippen LogP contribution is -2.57. The Kier molecular flexibility index (Phi) is 17.4. The highest BCUT2D eigenvalue weighted by molar-refractivity contribution is 6.09. The van der Waals surface area contributed by atoms with Crippen molar-refractivity contribution >= 4 is 11.9 Å². The lowest BCUT2D eigenvalue weighted by molar-refractivity contribution is -0.195. The highest BCUT2D eigenvalue weighted by atomic mass is 19.3. The Labute approximate surface area is 277 Å². The van der Waals surface area contributed by atoms with Gasteiger partial charge >= 0.3 is 6.11 Å². The summed E-state index contributed by atoms with van der Waals surface area (Å²) in [5.41, 5.74) is 2.83. The molecule has 0 bridgehead atoms. The first-order chi connectivity index (χ1) is 21.5. The maximum atomic E-state index is 13.3. The molecular formula is C36H60F2N6O2.